The summed E-state index contributed by atoms with van der Waals surface area (Å²) in [6.45, 7) is 4.76. The molecule has 2 rings (SSSR count). The van der Waals surface area contributed by atoms with E-state index in [0.717, 1.165) is 31.2 Å². The monoisotopic (exact) mass is 399 g/mol. The SMILES string of the molecule is COC1=C(C)C(=O)C(CC(C)(CCCCCc2cccnc2)C(=O)O)=C(C)C1=O. The topological polar surface area (TPSA) is 93.6 Å². The van der Waals surface area contributed by atoms with Crippen LogP contribution in [0.25, 0.3) is 0 Å². The zero-order valence-corrected chi connectivity index (χ0v) is 17.6. The van der Waals surface area contributed by atoms with Crippen LogP contribution in [0, 0.1) is 5.41 Å². The number of Topliss-reactive ketones (excluding diaryl/α,β-unsaturated/α-hetero) is 2. The van der Waals surface area contributed by atoms with E-state index >= 15 is 0 Å². The first-order valence-electron chi connectivity index (χ1n) is 9.87. The van der Waals surface area contributed by atoms with E-state index in [2.05, 4.69) is 4.98 Å². The molecule has 0 aromatic carbocycles. The van der Waals surface area contributed by atoms with Crippen molar-refractivity contribution in [2.75, 3.05) is 7.11 Å². The normalized spacial score (nSPS) is 16.8. The molecule has 0 aliphatic heterocycles. The van der Waals surface area contributed by atoms with Gasteiger partial charge in [0, 0.05) is 29.1 Å². The number of aryl methyl sites for hydroxylation is 1. The van der Waals surface area contributed by atoms with Gasteiger partial charge in [0.25, 0.3) is 0 Å². The van der Waals surface area contributed by atoms with Crippen LogP contribution in [0.4, 0.5) is 0 Å². The lowest BCUT2D eigenvalue weighted by atomic mass is 9.74. The third kappa shape index (κ3) is 5.19. The van der Waals surface area contributed by atoms with Gasteiger partial charge < -0.3 is 9.84 Å². The number of ketones is 2. The molecule has 1 unspecified atom stereocenters. The van der Waals surface area contributed by atoms with Gasteiger partial charge in [-0.1, -0.05) is 18.9 Å². The average Bonchev–Trinajstić information content (AvgIpc) is 2.70. The van der Waals surface area contributed by atoms with Gasteiger partial charge in [0.1, 0.15) is 0 Å². The van der Waals surface area contributed by atoms with Gasteiger partial charge in [-0.3, -0.25) is 19.4 Å². The number of carboxylic acids is 1. The Balaban J connectivity index is 2.03. The maximum Gasteiger partial charge on any atom is 0.309 e. The van der Waals surface area contributed by atoms with Gasteiger partial charge in [0.2, 0.25) is 5.78 Å². The summed E-state index contributed by atoms with van der Waals surface area (Å²) in [7, 11) is 1.36. The van der Waals surface area contributed by atoms with Crippen molar-refractivity contribution < 1.29 is 24.2 Å². The highest BCUT2D eigenvalue weighted by Crippen LogP contribution is 2.37. The molecule has 1 aromatic heterocycles. The summed E-state index contributed by atoms with van der Waals surface area (Å²) in [5.41, 5.74) is 0.861. The number of aliphatic carboxylic acids is 1. The predicted molar refractivity (Wildman–Crippen MR) is 109 cm³/mol. The van der Waals surface area contributed by atoms with Crippen molar-refractivity contribution >= 4 is 17.5 Å². The number of carboxylic acid groups (broad SMARTS) is 1. The summed E-state index contributed by atoms with van der Waals surface area (Å²) in [5, 5.41) is 9.84. The molecule has 29 heavy (non-hydrogen) atoms. The number of nitrogens with zero attached hydrogens (tertiary/aromatic N) is 1. The molecule has 1 atom stereocenters. The Labute approximate surface area is 171 Å². The summed E-state index contributed by atoms with van der Waals surface area (Å²) < 4.78 is 5.06. The van der Waals surface area contributed by atoms with E-state index in [1.807, 2.05) is 18.3 Å². The van der Waals surface area contributed by atoms with Gasteiger partial charge in [0.15, 0.2) is 11.5 Å². The molecule has 0 spiro atoms. The van der Waals surface area contributed by atoms with Crippen molar-refractivity contribution in [2.24, 2.45) is 5.41 Å². The number of hydrogen-bond acceptors (Lipinski definition) is 5. The van der Waals surface area contributed by atoms with E-state index in [4.69, 9.17) is 4.74 Å². The molecule has 1 aliphatic carbocycles. The van der Waals surface area contributed by atoms with Crippen LogP contribution in [0.1, 0.15) is 58.4 Å². The number of carbonyl (C=O) groups excluding carboxylic acids is 2. The molecule has 0 bridgehead atoms. The summed E-state index contributed by atoms with van der Waals surface area (Å²) in [6.07, 6.45) is 7.52. The maximum atomic E-state index is 12.7. The van der Waals surface area contributed by atoms with Crippen molar-refractivity contribution in [2.45, 2.75) is 59.3 Å². The lowest BCUT2D eigenvalue weighted by Crippen LogP contribution is -2.32. The first kappa shape index (κ1) is 22.5. The van der Waals surface area contributed by atoms with Gasteiger partial charge >= 0.3 is 5.97 Å². The van der Waals surface area contributed by atoms with Gasteiger partial charge in [-0.2, -0.15) is 0 Å². The van der Waals surface area contributed by atoms with Crippen LogP contribution in [-0.2, 0) is 25.5 Å². The predicted octanol–water partition coefficient (Wildman–Crippen LogP) is 4.05. The standard InChI is InChI=1S/C23H29NO5/c1-15-18(19(25)16(2)21(29-4)20(15)26)13-23(3,22(27)28)11-7-5-6-9-17-10-8-12-24-14-17/h8,10,12,14H,5-7,9,11,13H2,1-4H3,(H,27,28). The number of carbonyl (C=O) groups is 3. The Bertz CT molecular complexity index is 853. The third-order valence-electron chi connectivity index (χ3n) is 5.66. The Hall–Kier alpha value is -2.76. The van der Waals surface area contributed by atoms with Crippen LogP contribution < -0.4 is 0 Å². The van der Waals surface area contributed by atoms with Crippen LogP contribution in [-0.4, -0.2) is 34.7 Å². The fourth-order valence-electron chi connectivity index (χ4n) is 3.66. The molecular formula is C23H29NO5. The maximum absolute atomic E-state index is 12.7. The smallest absolute Gasteiger partial charge is 0.309 e. The average molecular weight is 399 g/mol. The molecule has 6 heteroatoms. The number of hydrogen-bond donors (Lipinski definition) is 1. The first-order chi connectivity index (χ1) is 13.7. The van der Waals surface area contributed by atoms with Crippen LogP contribution in [0.15, 0.2) is 47.0 Å². The number of unbranched alkanes of at least 4 members (excludes halogenated alkanes) is 2. The molecule has 1 N–H and O–H groups in total. The number of allylic oxidation sites excluding steroid dienone is 3. The van der Waals surface area contributed by atoms with Gasteiger partial charge in [-0.05, 0) is 58.1 Å². The van der Waals surface area contributed by atoms with Crippen molar-refractivity contribution in [3.63, 3.8) is 0 Å². The van der Waals surface area contributed by atoms with Crippen molar-refractivity contribution in [3.05, 3.63) is 52.6 Å². The lowest BCUT2D eigenvalue weighted by Gasteiger charge is -2.28. The van der Waals surface area contributed by atoms with E-state index in [0.29, 0.717) is 6.42 Å². The molecule has 0 amide bonds. The minimum Gasteiger partial charge on any atom is -0.492 e. The Morgan fingerprint density at radius 1 is 1.14 bits per heavy atom. The van der Waals surface area contributed by atoms with Gasteiger partial charge in [-0.15, -0.1) is 0 Å². The van der Waals surface area contributed by atoms with E-state index in [1.165, 1.54) is 7.11 Å². The molecule has 0 saturated carbocycles. The third-order valence-corrected chi connectivity index (χ3v) is 5.66. The fraction of sp³-hybridized carbons (Fsp3) is 0.478. The summed E-state index contributed by atoms with van der Waals surface area (Å²) in [6, 6.07) is 3.93. The molecule has 6 nitrogen and oxygen atoms in total. The molecule has 1 aromatic rings. The molecule has 1 aliphatic rings. The molecule has 156 valence electrons. The number of aromatic nitrogens is 1. The van der Waals surface area contributed by atoms with Crippen LogP contribution in [0.5, 0.6) is 0 Å². The second kappa shape index (κ2) is 9.63. The van der Waals surface area contributed by atoms with Crippen molar-refractivity contribution in [1.82, 2.24) is 4.98 Å². The van der Waals surface area contributed by atoms with Gasteiger partial charge in [0.05, 0.1) is 12.5 Å². The quantitative estimate of drug-likeness (QED) is 0.471. The Morgan fingerprint density at radius 3 is 2.45 bits per heavy atom. The number of rotatable bonds is 10. The highest BCUT2D eigenvalue weighted by atomic mass is 16.5. The zero-order chi connectivity index (χ0) is 21.6. The van der Waals surface area contributed by atoms with E-state index in [-0.39, 0.29) is 40.5 Å². The highest BCUT2D eigenvalue weighted by molar-refractivity contribution is 6.24. The Morgan fingerprint density at radius 2 is 1.86 bits per heavy atom. The van der Waals surface area contributed by atoms with E-state index in [9.17, 15) is 19.5 Å². The molecule has 1 heterocycles. The second-order valence-corrected chi connectivity index (χ2v) is 7.88. The van der Waals surface area contributed by atoms with Crippen molar-refractivity contribution in [3.8, 4) is 0 Å². The lowest BCUT2D eigenvalue weighted by molar-refractivity contribution is -0.148. The molecule has 0 saturated heterocycles. The summed E-state index contributed by atoms with van der Waals surface area (Å²) >= 11 is 0. The minimum atomic E-state index is -1.11. The molecular weight excluding hydrogens is 370 g/mol. The first-order valence-corrected chi connectivity index (χ1v) is 9.87. The van der Waals surface area contributed by atoms with E-state index < -0.39 is 11.4 Å². The number of pyridine rings is 1. The van der Waals surface area contributed by atoms with Crippen LogP contribution >= 0.6 is 0 Å². The number of methoxy groups -OCH3 is 1. The zero-order valence-electron chi connectivity index (χ0n) is 17.6. The number of ether oxygens (including phenoxy) is 1. The summed E-state index contributed by atoms with van der Waals surface area (Å²) in [5.74, 6) is -1.56. The van der Waals surface area contributed by atoms with Crippen LogP contribution in [0.3, 0.4) is 0 Å². The van der Waals surface area contributed by atoms with E-state index in [1.54, 1.807) is 27.0 Å². The molecule has 0 radical (unpaired) electrons. The van der Waals surface area contributed by atoms with Crippen LogP contribution in [0.2, 0.25) is 0 Å². The van der Waals surface area contributed by atoms with Crippen molar-refractivity contribution in [1.29, 1.82) is 0 Å². The van der Waals surface area contributed by atoms with Gasteiger partial charge in [-0.25, -0.2) is 0 Å². The Kier molecular flexibility index (Phi) is 7.48. The largest absolute Gasteiger partial charge is 0.492 e. The summed E-state index contributed by atoms with van der Waals surface area (Å²) in [4.78, 5) is 41.3. The fourth-order valence-corrected chi connectivity index (χ4v) is 3.66. The minimum absolute atomic E-state index is 0.0374. The highest BCUT2D eigenvalue weighted by Gasteiger charge is 2.39. The molecule has 0 fully saturated rings. The second-order valence-electron chi connectivity index (χ2n) is 7.88.